The van der Waals surface area contributed by atoms with Crippen molar-refractivity contribution in [1.29, 1.82) is 0 Å². The van der Waals surface area contributed by atoms with Gasteiger partial charge in [-0.05, 0) is 61.9 Å². The van der Waals surface area contributed by atoms with Crippen molar-refractivity contribution in [2.24, 2.45) is 0 Å². The van der Waals surface area contributed by atoms with E-state index in [1.165, 1.54) is 18.4 Å². The minimum absolute atomic E-state index is 0.175. The normalized spacial score (nSPS) is 13.3. The number of carbonyl (C=O) groups is 2. The number of benzene rings is 2. The molecule has 0 unspecified atom stereocenters. The monoisotopic (exact) mass is 392 g/mol. The molecular formula is C24H28N2O3. The lowest BCUT2D eigenvalue weighted by Gasteiger charge is -2.13. The minimum atomic E-state index is -0.322. The molecule has 29 heavy (non-hydrogen) atoms. The third kappa shape index (κ3) is 7.45. The van der Waals surface area contributed by atoms with Crippen molar-refractivity contribution in [2.45, 2.75) is 45.1 Å². The summed E-state index contributed by atoms with van der Waals surface area (Å²) in [6, 6.07) is 17.1. The molecule has 2 aromatic rings. The first-order valence-corrected chi connectivity index (χ1v) is 10.2. The van der Waals surface area contributed by atoms with Crippen molar-refractivity contribution in [3.05, 3.63) is 71.8 Å². The molecule has 0 spiro atoms. The molecule has 0 heterocycles. The average Bonchev–Trinajstić information content (AvgIpc) is 2.74. The van der Waals surface area contributed by atoms with Crippen LogP contribution in [0.5, 0.6) is 5.75 Å². The zero-order valence-electron chi connectivity index (χ0n) is 16.7. The number of hydrogen-bond donors (Lipinski definition) is 2. The van der Waals surface area contributed by atoms with Crippen LogP contribution in [-0.2, 0) is 16.2 Å². The number of nitrogens with one attached hydrogen (secondary N) is 2. The Morgan fingerprint density at radius 2 is 1.72 bits per heavy atom. The fraction of sp³-hybridized carbons (Fsp3) is 0.333. The summed E-state index contributed by atoms with van der Waals surface area (Å²) >= 11 is 0. The highest BCUT2D eigenvalue weighted by molar-refractivity contribution is 6.03. The van der Waals surface area contributed by atoms with Gasteiger partial charge < -0.3 is 15.4 Å². The van der Waals surface area contributed by atoms with E-state index in [9.17, 15) is 9.59 Å². The van der Waals surface area contributed by atoms with Gasteiger partial charge in [-0.1, -0.05) is 42.0 Å². The molecule has 0 radical (unpaired) electrons. The Labute approximate surface area is 172 Å². The molecule has 152 valence electrons. The first kappa shape index (κ1) is 20.6. The first-order chi connectivity index (χ1) is 14.2. The molecule has 0 aliphatic heterocycles. The lowest BCUT2D eigenvalue weighted by atomic mass is 9.97. The van der Waals surface area contributed by atoms with Crippen LogP contribution in [0.25, 0.3) is 0 Å². The van der Waals surface area contributed by atoms with Crippen LogP contribution >= 0.6 is 0 Å². The summed E-state index contributed by atoms with van der Waals surface area (Å²) in [6.07, 6.45) is 7.73. The van der Waals surface area contributed by atoms with Gasteiger partial charge in [0.15, 0.2) is 0 Å². The van der Waals surface area contributed by atoms with Crippen LogP contribution in [-0.4, -0.2) is 18.4 Å². The van der Waals surface area contributed by atoms with Gasteiger partial charge in [-0.3, -0.25) is 9.59 Å². The van der Waals surface area contributed by atoms with Crippen LogP contribution in [0.15, 0.2) is 66.2 Å². The van der Waals surface area contributed by atoms with Crippen LogP contribution in [0.4, 0.5) is 5.69 Å². The standard InChI is InChI=1S/C24H28N2O3/c27-23(25-16-15-19-7-3-1-4-8-19)17-24(28)26-21-11-13-22(14-12-21)29-18-20-9-5-2-6-10-20/h2,5-7,9-14H,1,3-4,8,15-18H2,(H,25,27)(H,26,28). The fourth-order valence-electron chi connectivity index (χ4n) is 3.28. The molecule has 2 amide bonds. The van der Waals surface area contributed by atoms with E-state index in [0.717, 1.165) is 30.6 Å². The summed E-state index contributed by atoms with van der Waals surface area (Å²) in [5.74, 6) is 0.153. The Morgan fingerprint density at radius 1 is 0.931 bits per heavy atom. The highest BCUT2D eigenvalue weighted by atomic mass is 16.5. The molecule has 0 saturated heterocycles. The maximum atomic E-state index is 12.1. The number of rotatable bonds is 9. The second-order valence-electron chi connectivity index (χ2n) is 7.23. The van der Waals surface area contributed by atoms with Gasteiger partial charge >= 0.3 is 0 Å². The third-order valence-corrected chi connectivity index (χ3v) is 4.86. The van der Waals surface area contributed by atoms with Gasteiger partial charge in [0.1, 0.15) is 18.8 Å². The molecule has 2 N–H and O–H groups in total. The third-order valence-electron chi connectivity index (χ3n) is 4.86. The molecule has 0 fully saturated rings. The second-order valence-corrected chi connectivity index (χ2v) is 7.23. The van der Waals surface area contributed by atoms with Crippen molar-refractivity contribution < 1.29 is 14.3 Å². The molecule has 3 rings (SSSR count). The SMILES string of the molecule is O=C(CC(=O)Nc1ccc(OCc2ccccc2)cc1)NCCC1=CCCCC1. The molecule has 0 bridgehead atoms. The zero-order chi connectivity index (χ0) is 20.3. The molecule has 5 nitrogen and oxygen atoms in total. The molecule has 1 aliphatic carbocycles. The maximum Gasteiger partial charge on any atom is 0.233 e. The Bertz CT molecular complexity index is 829. The van der Waals surface area contributed by atoms with Crippen LogP contribution in [0.3, 0.4) is 0 Å². The number of carbonyl (C=O) groups excluding carboxylic acids is 2. The minimum Gasteiger partial charge on any atom is -0.489 e. The van der Waals surface area contributed by atoms with Crippen LogP contribution < -0.4 is 15.4 Å². The van der Waals surface area contributed by atoms with Crippen molar-refractivity contribution in [3.8, 4) is 5.75 Å². The molecule has 0 saturated carbocycles. The summed E-state index contributed by atoms with van der Waals surface area (Å²) in [7, 11) is 0. The second kappa shape index (κ2) is 11.1. The molecule has 2 aromatic carbocycles. The predicted molar refractivity (Wildman–Crippen MR) is 115 cm³/mol. The van der Waals surface area contributed by atoms with Gasteiger partial charge in [0.2, 0.25) is 11.8 Å². The maximum absolute atomic E-state index is 12.1. The highest BCUT2D eigenvalue weighted by Gasteiger charge is 2.10. The smallest absolute Gasteiger partial charge is 0.233 e. The van der Waals surface area contributed by atoms with Gasteiger partial charge in [-0.15, -0.1) is 0 Å². The Morgan fingerprint density at radius 3 is 2.45 bits per heavy atom. The van der Waals surface area contributed by atoms with Crippen LogP contribution in [0, 0.1) is 0 Å². The Kier molecular flexibility index (Phi) is 7.87. The average molecular weight is 392 g/mol. The summed E-state index contributed by atoms with van der Waals surface area (Å²) in [4.78, 5) is 24.0. The Hall–Kier alpha value is -3.08. The number of allylic oxidation sites excluding steroid dienone is 1. The van der Waals surface area contributed by atoms with E-state index in [1.54, 1.807) is 24.3 Å². The van der Waals surface area contributed by atoms with Gasteiger partial charge in [0.25, 0.3) is 0 Å². The summed E-state index contributed by atoms with van der Waals surface area (Å²) in [5.41, 5.74) is 3.15. The van der Waals surface area contributed by atoms with Crippen LogP contribution in [0.2, 0.25) is 0 Å². The quantitative estimate of drug-likeness (QED) is 0.484. The molecule has 0 atom stereocenters. The number of amides is 2. The number of anilines is 1. The van der Waals surface area contributed by atoms with E-state index in [1.807, 2.05) is 30.3 Å². The zero-order valence-corrected chi connectivity index (χ0v) is 16.7. The largest absolute Gasteiger partial charge is 0.489 e. The Balaban J connectivity index is 1.36. The lowest BCUT2D eigenvalue weighted by Crippen LogP contribution is -2.29. The van der Waals surface area contributed by atoms with E-state index in [2.05, 4.69) is 16.7 Å². The van der Waals surface area contributed by atoms with Gasteiger partial charge in [0, 0.05) is 12.2 Å². The first-order valence-electron chi connectivity index (χ1n) is 10.2. The molecule has 1 aliphatic rings. The fourth-order valence-corrected chi connectivity index (χ4v) is 3.28. The number of ether oxygens (including phenoxy) is 1. The topological polar surface area (TPSA) is 67.4 Å². The van der Waals surface area contributed by atoms with Crippen molar-refractivity contribution in [3.63, 3.8) is 0 Å². The molecule has 5 heteroatoms. The summed E-state index contributed by atoms with van der Waals surface area (Å²) in [6.45, 7) is 1.08. The van der Waals surface area contributed by atoms with E-state index in [0.29, 0.717) is 18.8 Å². The summed E-state index contributed by atoms with van der Waals surface area (Å²) < 4.78 is 5.73. The van der Waals surface area contributed by atoms with Gasteiger partial charge in [-0.25, -0.2) is 0 Å². The van der Waals surface area contributed by atoms with E-state index in [-0.39, 0.29) is 18.2 Å². The highest BCUT2D eigenvalue weighted by Crippen LogP contribution is 2.19. The van der Waals surface area contributed by atoms with Crippen molar-refractivity contribution in [2.75, 3.05) is 11.9 Å². The number of hydrogen-bond acceptors (Lipinski definition) is 3. The van der Waals surface area contributed by atoms with E-state index < -0.39 is 0 Å². The predicted octanol–water partition coefficient (Wildman–Crippen LogP) is 4.60. The van der Waals surface area contributed by atoms with Gasteiger partial charge in [-0.2, -0.15) is 0 Å². The summed E-state index contributed by atoms with van der Waals surface area (Å²) in [5, 5.41) is 5.57. The van der Waals surface area contributed by atoms with Gasteiger partial charge in [0.05, 0.1) is 0 Å². The molecule has 0 aromatic heterocycles. The lowest BCUT2D eigenvalue weighted by molar-refractivity contribution is -0.126. The van der Waals surface area contributed by atoms with E-state index in [4.69, 9.17) is 4.74 Å². The van der Waals surface area contributed by atoms with Crippen molar-refractivity contribution >= 4 is 17.5 Å². The van der Waals surface area contributed by atoms with Crippen molar-refractivity contribution in [1.82, 2.24) is 5.32 Å². The van der Waals surface area contributed by atoms with E-state index >= 15 is 0 Å². The van der Waals surface area contributed by atoms with Crippen LogP contribution in [0.1, 0.15) is 44.1 Å². The molecular weight excluding hydrogens is 364 g/mol.